The lowest BCUT2D eigenvalue weighted by molar-refractivity contribution is -0.117. The van der Waals surface area contributed by atoms with Crippen LogP contribution in [0.15, 0.2) is 42.5 Å². The minimum Gasteiger partial charge on any atom is -0.356 e. The number of benzene rings is 2. The van der Waals surface area contributed by atoms with E-state index in [2.05, 4.69) is 10.6 Å². The van der Waals surface area contributed by atoms with Gasteiger partial charge in [0, 0.05) is 24.3 Å². The van der Waals surface area contributed by atoms with Gasteiger partial charge in [0.15, 0.2) is 5.11 Å². The minimum absolute atomic E-state index is 0.0549. The molecule has 2 aromatic carbocycles. The Morgan fingerprint density at radius 1 is 1.23 bits per heavy atom. The summed E-state index contributed by atoms with van der Waals surface area (Å²) in [6.45, 7) is 4.72. The van der Waals surface area contributed by atoms with E-state index in [1.165, 1.54) is 12.1 Å². The molecule has 1 atom stereocenters. The Labute approximate surface area is 158 Å². The molecule has 1 aliphatic heterocycles. The van der Waals surface area contributed by atoms with Crippen LogP contribution in [-0.4, -0.2) is 17.6 Å². The fourth-order valence-corrected chi connectivity index (χ4v) is 3.37. The zero-order valence-electron chi connectivity index (χ0n) is 14.9. The normalized spacial score (nSPS) is 15.0. The van der Waals surface area contributed by atoms with Crippen molar-refractivity contribution in [3.8, 4) is 0 Å². The highest BCUT2D eigenvalue weighted by Gasteiger charge is 2.23. The second-order valence-electron chi connectivity index (χ2n) is 6.52. The summed E-state index contributed by atoms with van der Waals surface area (Å²) in [5, 5.41) is 6.84. The Morgan fingerprint density at radius 2 is 1.96 bits per heavy atom. The largest absolute Gasteiger partial charge is 0.356 e. The van der Waals surface area contributed by atoms with Gasteiger partial charge in [0.1, 0.15) is 5.82 Å². The summed E-state index contributed by atoms with van der Waals surface area (Å²) in [5.74, 6) is -0.0961. The number of aryl methyl sites for hydroxylation is 1. The molecular weight excluding hydrogens is 349 g/mol. The molecule has 0 aromatic heterocycles. The van der Waals surface area contributed by atoms with Gasteiger partial charge >= 0.3 is 0 Å². The van der Waals surface area contributed by atoms with Crippen LogP contribution in [0.5, 0.6) is 0 Å². The highest BCUT2D eigenvalue weighted by Crippen LogP contribution is 2.28. The van der Waals surface area contributed by atoms with Gasteiger partial charge in [0.05, 0.1) is 6.04 Å². The number of amides is 1. The third kappa shape index (κ3) is 4.19. The number of nitrogens with zero attached hydrogens (tertiary/aromatic N) is 1. The second kappa shape index (κ2) is 7.83. The van der Waals surface area contributed by atoms with Crippen LogP contribution in [0.4, 0.5) is 15.8 Å². The molecule has 4 nitrogen and oxygen atoms in total. The predicted octanol–water partition coefficient (Wildman–Crippen LogP) is 4.31. The zero-order chi connectivity index (χ0) is 18.7. The van der Waals surface area contributed by atoms with Crippen LogP contribution in [0.3, 0.4) is 0 Å². The quantitative estimate of drug-likeness (QED) is 0.786. The smallest absolute Gasteiger partial charge is 0.227 e. The molecule has 1 amide bonds. The first-order chi connectivity index (χ1) is 12.4. The van der Waals surface area contributed by atoms with E-state index >= 15 is 0 Å². The zero-order valence-corrected chi connectivity index (χ0v) is 15.7. The van der Waals surface area contributed by atoms with Gasteiger partial charge in [-0.05, 0) is 67.9 Å². The molecule has 3 rings (SSSR count). The number of anilines is 2. The monoisotopic (exact) mass is 371 g/mol. The number of thiocarbonyl (C=S) groups is 1. The number of halogens is 1. The van der Waals surface area contributed by atoms with E-state index in [1.807, 2.05) is 36.9 Å². The molecule has 0 spiro atoms. The molecule has 0 bridgehead atoms. The van der Waals surface area contributed by atoms with Crippen LogP contribution in [-0.2, 0) is 4.79 Å². The summed E-state index contributed by atoms with van der Waals surface area (Å²) in [5.41, 5.74) is 3.76. The van der Waals surface area contributed by atoms with Crippen molar-refractivity contribution in [2.45, 2.75) is 32.7 Å². The van der Waals surface area contributed by atoms with Crippen molar-refractivity contribution < 1.29 is 9.18 Å². The van der Waals surface area contributed by atoms with Crippen molar-refractivity contribution in [1.29, 1.82) is 0 Å². The Morgan fingerprint density at radius 3 is 2.62 bits per heavy atom. The van der Waals surface area contributed by atoms with Gasteiger partial charge < -0.3 is 15.5 Å². The lowest BCUT2D eigenvalue weighted by atomic mass is 10.1. The van der Waals surface area contributed by atoms with Crippen molar-refractivity contribution in [2.24, 2.45) is 0 Å². The molecule has 0 unspecified atom stereocenters. The van der Waals surface area contributed by atoms with Gasteiger partial charge in [0.25, 0.3) is 0 Å². The molecule has 1 aliphatic rings. The number of nitrogens with one attached hydrogen (secondary N) is 2. The van der Waals surface area contributed by atoms with Gasteiger partial charge in [0.2, 0.25) is 5.91 Å². The first kappa shape index (κ1) is 18.3. The summed E-state index contributed by atoms with van der Waals surface area (Å²) in [6.07, 6.45) is 1.50. The molecule has 1 saturated heterocycles. The van der Waals surface area contributed by atoms with E-state index in [0.29, 0.717) is 11.5 Å². The SMILES string of the molecule is Cc1ccc(NC(=S)N[C@H](C)c2ccc(F)cc2)cc1N1CCCC1=O. The molecule has 136 valence electrons. The Kier molecular flexibility index (Phi) is 5.52. The van der Waals surface area contributed by atoms with Crippen LogP contribution in [0, 0.1) is 12.7 Å². The number of hydrogen-bond donors (Lipinski definition) is 2. The van der Waals surface area contributed by atoms with Crippen molar-refractivity contribution in [1.82, 2.24) is 5.32 Å². The third-order valence-electron chi connectivity index (χ3n) is 4.55. The van der Waals surface area contributed by atoms with Crippen molar-refractivity contribution in [3.63, 3.8) is 0 Å². The van der Waals surface area contributed by atoms with E-state index in [1.54, 1.807) is 12.1 Å². The highest BCUT2D eigenvalue weighted by atomic mass is 32.1. The summed E-state index contributed by atoms with van der Waals surface area (Å²) < 4.78 is 13.0. The summed E-state index contributed by atoms with van der Waals surface area (Å²) in [7, 11) is 0. The maximum atomic E-state index is 13.0. The molecule has 6 heteroatoms. The van der Waals surface area contributed by atoms with Gasteiger partial charge in [-0.1, -0.05) is 18.2 Å². The fraction of sp³-hybridized carbons (Fsp3) is 0.300. The molecule has 0 aliphatic carbocycles. The van der Waals surface area contributed by atoms with Crippen LogP contribution in [0.2, 0.25) is 0 Å². The molecule has 0 radical (unpaired) electrons. The molecule has 2 aromatic rings. The topological polar surface area (TPSA) is 44.4 Å². The summed E-state index contributed by atoms with van der Waals surface area (Å²) in [4.78, 5) is 13.9. The van der Waals surface area contributed by atoms with Crippen LogP contribution >= 0.6 is 12.2 Å². The fourth-order valence-electron chi connectivity index (χ4n) is 3.08. The van der Waals surface area contributed by atoms with Gasteiger partial charge in [-0.15, -0.1) is 0 Å². The lowest BCUT2D eigenvalue weighted by Gasteiger charge is -2.21. The van der Waals surface area contributed by atoms with Gasteiger partial charge in [-0.25, -0.2) is 4.39 Å². The maximum absolute atomic E-state index is 13.0. The molecule has 26 heavy (non-hydrogen) atoms. The molecular formula is C20H22FN3OS. The van der Waals surface area contributed by atoms with E-state index < -0.39 is 0 Å². The standard InChI is InChI=1S/C20H22FN3OS/c1-13-5-10-17(12-18(13)24-11-3-4-19(24)25)23-20(26)22-14(2)15-6-8-16(21)9-7-15/h5-10,12,14H,3-4,11H2,1-2H3,(H2,22,23,26)/t14-/m1/s1. The highest BCUT2D eigenvalue weighted by molar-refractivity contribution is 7.80. The Bertz CT molecular complexity index is 822. The Balaban J connectivity index is 1.67. The minimum atomic E-state index is -0.259. The molecule has 0 saturated carbocycles. The third-order valence-corrected chi connectivity index (χ3v) is 4.77. The molecule has 2 N–H and O–H groups in total. The van der Waals surface area contributed by atoms with Crippen molar-refractivity contribution >= 4 is 34.6 Å². The number of hydrogen-bond acceptors (Lipinski definition) is 2. The number of carbonyl (C=O) groups is 1. The summed E-state index contributed by atoms with van der Waals surface area (Å²) >= 11 is 5.40. The maximum Gasteiger partial charge on any atom is 0.227 e. The van der Waals surface area contributed by atoms with Crippen LogP contribution in [0.25, 0.3) is 0 Å². The lowest BCUT2D eigenvalue weighted by Crippen LogP contribution is -2.31. The van der Waals surface area contributed by atoms with Crippen LogP contribution in [0.1, 0.15) is 36.9 Å². The van der Waals surface area contributed by atoms with E-state index in [4.69, 9.17) is 12.2 Å². The van der Waals surface area contributed by atoms with Gasteiger partial charge in [-0.2, -0.15) is 0 Å². The van der Waals surface area contributed by atoms with Crippen molar-refractivity contribution in [3.05, 3.63) is 59.4 Å². The average Bonchev–Trinajstić information content (AvgIpc) is 3.03. The number of carbonyl (C=O) groups excluding carboxylic acids is 1. The summed E-state index contributed by atoms with van der Waals surface area (Å²) in [6, 6.07) is 12.2. The Hall–Kier alpha value is -2.47. The first-order valence-electron chi connectivity index (χ1n) is 8.68. The predicted molar refractivity (Wildman–Crippen MR) is 107 cm³/mol. The second-order valence-corrected chi connectivity index (χ2v) is 6.93. The average molecular weight is 371 g/mol. The van der Waals surface area contributed by atoms with E-state index in [0.717, 1.165) is 35.5 Å². The van der Waals surface area contributed by atoms with E-state index in [-0.39, 0.29) is 17.8 Å². The molecule has 1 heterocycles. The first-order valence-corrected chi connectivity index (χ1v) is 9.09. The van der Waals surface area contributed by atoms with Gasteiger partial charge in [-0.3, -0.25) is 4.79 Å². The van der Waals surface area contributed by atoms with Crippen molar-refractivity contribution in [2.75, 3.05) is 16.8 Å². The van der Waals surface area contributed by atoms with Crippen LogP contribution < -0.4 is 15.5 Å². The van der Waals surface area contributed by atoms with E-state index in [9.17, 15) is 9.18 Å². The molecule has 1 fully saturated rings. The number of rotatable bonds is 4.